The number of aryl methyl sites for hydroxylation is 2. The van der Waals surface area contributed by atoms with Crippen molar-refractivity contribution in [1.82, 2.24) is 0 Å². The van der Waals surface area contributed by atoms with E-state index < -0.39 is 0 Å². The third-order valence-electron chi connectivity index (χ3n) is 4.69. The van der Waals surface area contributed by atoms with Gasteiger partial charge in [-0.3, -0.25) is 4.79 Å². The predicted octanol–water partition coefficient (Wildman–Crippen LogP) is 5.66. The molecule has 26 heavy (non-hydrogen) atoms. The summed E-state index contributed by atoms with van der Waals surface area (Å²) in [5.41, 5.74) is 6.75. The van der Waals surface area contributed by atoms with Crippen LogP contribution in [0.15, 0.2) is 72.8 Å². The van der Waals surface area contributed by atoms with Crippen molar-refractivity contribution in [2.24, 2.45) is 0 Å². The van der Waals surface area contributed by atoms with E-state index in [1.54, 1.807) is 0 Å². The van der Waals surface area contributed by atoms with E-state index in [1.165, 1.54) is 22.3 Å². The normalized spacial score (nSPS) is 10.5. The Bertz CT molecular complexity index is 844. The van der Waals surface area contributed by atoms with Gasteiger partial charge in [-0.25, -0.2) is 0 Å². The minimum Gasteiger partial charge on any atom is -0.325 e. The topological polar surface area (TPSA) is 29.1 Å². The SMILES string of the molecule is CCc1cccc(CC)c1NC(=O)Cc1ccc(-c2ccccc2)cc1. The smallest absolute Gasteiger partial charge is 0.228 e. The molecule has 0 heterocycles. The summed E-state index contributed by atoms with van der Waals surface area (Å²) in [5.74, 6) is 0.0352. The maximum Gasteiger partial charge on any atom is 0.228 e. The Morgan fingerprint density at radius 2 is 1.31 bits per heavy atom. The first-order chi connectivity index (χ1) is 12.7. The molecule has 2 heteroatoms. The predicted molar refractivity (Wildman–Crippen MR) is 109 cm³/mol. The molecule has 0 aliphatic rings. The van der Waals surface area contributed by atoms with Crippen LogP contribution >= 0.6 is 0 Å². The van der Waals surface area contributed by atoms with Crippen LogP contribution in [0.3, 0.4) is 0 Å². The van der Waals surface area contributed by atoms with E-state index in [2.05, 4.69) is 61.6 Å². The maximum atomic E-state index is 12.6. The Kier molecular flexibility index (Phi) is 5.85. The molecule has 0 aliphatic heterocycles. The number of carbonyl (C=O) groups excluding carboxylic acids is 1. The van der Waals surface area contributed by atoms with Crippen LogP contribution in [-0.4, -0.2) is 5.91 Å². The number of amides is 1. The van der Waals surface area contributed by atoms with Gasteiger partial charge in [-0.1, -0.05) is 86.6 Å². The first-order valence-corrected chi connectivity index (χ1v) is 9.26. The second kappa shape index (κ2) is 8.48. The van der Waals surface area contributed by atoms with Crippen LogP contribution in [0.5, 0.6) is 0 Å². The first kappa shape index (κ1) is 17.9. The molecule has 0 unspecified atom stereocenters. The zero-order valence-corrected chi connectivity index (χ0v) is 15.5. The number of hydrogen-bond donors (Lipinski definition) is 1. The fraction of sp³-hybridized carbons (Fsp3) is 0.208. The van der Waals surface area contributed by atoms with E-state index in [9.17, 15) is 4.79 Å². The molecule has 0 atom stereocenters. The van der Waals surface area contributed by atoms with Crippen LogP contribution in [0, 0.1) is 0 Å². The van der Waals surface area contributed by atoms with Crippen LogP contribution in [0.2, 0.25) is 0 Å². The molecular weight excluding hydrogens is 318 g/mol. The number of carbonyl (C=O) groups is 1. The van der Waals surface area contributed by atoms with Crippen molar-refractivity contribution in [2.75, 3.05) is 5.32 Å². The molecule has 0 saturated heterocycles. The van der Waals surface area contributed by atoms with Crippen LogP contribution < -0.4 is 5.32 Å². The van der Waals surface area contributed by atoms with E-state index >= 15 is 0 Å². The first-order valence-electron chi connectivity index (χ1n) is 9.26. The Hall–Kier alpha value is -2.87. The summed E-state index contributed by atoms with van der Waals surface area (Å²) in [7, 11) is 0. The van der Waals surface area contributed by atoms with Crippen molar-refractivity contribution in [2.45, 2.75) is 33.1 Å². The molecule has 1 amide bonds. The molecule has 2 nitrogen and oxygen atoms in total. The minimum atomic E-state index is 0.0352. The molecule has 0 saturated carbocycles. The van der Waals surface area contributed by atoms with Crippen molar-refractivity contribution in [3.63, 3.8) is 0 Å². The Morgan fingerprint density at radius 1 is 0.731 bits per heavy atom. The zero-order valence-electron chi connectivity index (χ0n) is 15.5. The fourth-order valence-electron chi connectivity index (χ4n) is 3.22. The molecule has 3 rings (SSSR count). The van der Waals surface area contributed by atoms with E-state index in [4.69, 9.17) is 0 Å². The quantitative estimate of drug-likeness (QED) is 0.615. The average Bonchev–Trinajstić information content (AvgIpc) is 2.69. The molecule has 0 bridgehead atoms. The van der Waals surface area contributed by atoms with Gasteiger partial charge in [0.25, 0.3) is 0 Å². The van der Waals surface area contributed by atoms with Crippen LogP contribution in [0.25, 0.3) is 11.1 Å². The second-order valence-corrected chi connectivity index (χ2v) is 6.45. The van der Waals surface area contributed by atoms with Gasteiger partial charge in [-0.15, -0.1) is 0 Å². The Labute approximate surface area is 155 Å². The molecule has 0 aromatic heterocycles. The highest BCUT2D eigenvalue weighted by molar-refractivity contribution is 5.94. The molecule has 0 aliphatic carbocycles. The lowest BCUT2D eigenvalue weighted by Gasteiger charge is -2.14. The number of anilines is 1. The van der Waals surface area contributed by atoms with Gasteiger partial charge < -0.3 is 5.32 Å². The summed E-state index contributed by atoms with van der Waals surface area (Å²) in [5, 5.41) is 3.14. The molecule has 0 radical (unpaired) electrons. The standard InChI is InChI=1S/C24H25NO/c1-3-19-11-8-12-20(4-2)24(19)25-23(26)17-18-13-15-22(16-14-18)21-9-6-5-7-10-21/h5-16H,3-4,17H2,1-2H3,(H,25,26). The lowest BCUT2D eigenvalue weighted by molar-refractivity contribution is -0.115. The highest BCUT2D eigenvalue weighted by atomic mass is 16.1. The Morgan fingerprint density at radius 3 is 1.88 bits per heavy atom. The van der Waals surface area contributed by atoms with Gasteiger partial charge in [0.15, 0.2) is 0 Å². The molecule has 3 aromatic rings. The molecular formula is C24H25NO. The van der Waals surface area contributed by atoms with Gasteiger partial charge in [-0.05, 0) is 40.7 Å². The van der Waals surface area contributed by atoms with Gasteiger partial charge in [0.05, 0.1) is 6.42 Å². The maximum absolute atomic E-state index is 12.6. The van der Waals surface area contributed by atoms with Gasteiger partial charge in [-0.2, -0.15) is 0 Å². The lowest BCUT2D eigenvalue weighted by Crippen LogP contribution is -2.17. The van der Waals surface area contributed by atoms with Crippen molar-refractivity contribution < 1.29 is 4.79 Å². The molecule has 3 aromatic carbocycles. The molecule has 0 fully saturated rings. The highest BCUT2D eigenvalue weighted by Crippen LogP contribution is 2.23. The van der Waals surface area contributed by atoms with E-state index in [0.29, 0.717) is 6.42 Å². The third kappa shape index (κ3) is 4.20. The summed E-state index contributed by atoms with van der Waals surface area (Å²) in [6.07, 6.45) is 2.21. The zero-order chi connectivity index (χ0) is 18.4. The number of nitrogens with one attached hydrogen (secondary N) is 1. The van der Waals surface area contributed by atoms with Crippen molar-refractivity contribution in [3.05, 3.63) is 89.5 Å². The van der Waals surface area contributed by atoms with Crippen LogP contribution in [0.4, 0.5) is 5.69 Å². The molecule has 132 valence electrons. The monoisotopic (exact) mass is 343 g/mol. The van der Waals surface area contributed by atoms with Crippen molar-refractivity contribution in [3.8, 4) is 11.1 Å². The van der Waals surface area contributed by atoms with E-state index in [1.807, 2.05) is 30.3 Å². The van der Waals surface area contributed by atoms with Gasteiger partial charge in [0, 0.05) is 5.69 Å². The van der Waals surface area contributed by atoms with Crippen molar-refractivity contribution >= 4 is 11.6 Å². The number of benzene rings is 3. The van der Waals surface area contributed by atoms with Gasteiger partial charge in [0.1, 0.15) is 0 Å². The number of hydrogen-bond acceptors (Lipinski definition) is 1. The van der Waals surface area contributed by atoms with E-state index in [0.717, 1.165) is 24.1 Å². The van der Waals surface area contributed by atoms with Crippen LogP contribution in [-0.2, 0) is 24.1 Å². The number of rotatable bonds is 6. The lowest BCUT2D eigenvalue weighted by atomic mass is 10.0. The third-order valence-corrected chi connectivity index (χ3v) is 4.69. The van der Waals surface area contributed by atoms with E-state index in [-0.39, 0.29) is 5.91 Å². The fourth-order valence-corrected chi connectivity index (χ4v) is 3.22. The largest absolute Gasteiger partial charge is 0.325 e. The van der Waals surface area contributed by atoms with Gasteiger partial charge >= 0.3 is 0 Å². The second-order valence-electron chi connectivity index (χ2n) is 6.45. The summed E-state index contributed by atoms with van der Waals surface area (Å²) < 4.78 is 0. The Balaban J connectivity index is 1.71. The highest BCUT2D eigenvalue weighted by Gasteiger charge is 2.10. The summed E-state index contributed by atoms with van der Waals surface area (Å²) >= 11 is 0. The van der Waals surface area contributed by atoms with Crippen molar-refractivity contribution in [1.29, 1.82) is 0 Å². The number of para-hydroxylation sites is 1. The molecule has 1 N–H and O–H groups in total. The summed E-state index contributed by atoms with van der Waals surface area (Å²) in [6, 6.07) is 24.7. The molecule has 0 spiro atoms. The van der Waals surface area contributed by atoms with Gasteiger partial charge in [0.2, 0.25) is 5.91 Å². The van der Waals surface area contributed by atoms with Crippen LogP contribution in [0.1, 0.15) is 30.5 Å². The average molecular weight is 343 g/mol. The summed E-state index contributed by atoms with van der Waals surface area (Å²) in [6.45, 7) is 4.24. The summed E-state index contributed by atoms with van der Waals surface area (Å²) in [4.78, 5) is 12.6. The minimum absolute atomic E-state index is 0.0352.